The van der Waals surface area contributed by atoms with Crippen LogP contribution in [0, 0.1) is 12.7 Å². The molecule has 0 fully saturated rings. The van der Waals surface area contributed by atoms with Crippen molar-refractivity contribution >= 4 is 87.9 Å². The molecule has 0 saturated heterocycles. The molecular formula is C61H68FN11O18. The van der Waals surface area contributed by atoms with E-state index in [2.05, 4.69) is 31.9 Å². The number of halogens is 1. The van der Waals surface area contributed by atoms with Gasteiger partial charge in [0.25, 0.3) is 17.4 Å². The van der Waals surface area contributed by atoms with E-state index in [0.717, 1.165) is 22.0 Å². The molecule has 91 heavy (non-hydrogen) atoms. The molecule has 2 aromatic carbocycles. The number of pyridine rings is 2. The summed E-state index contributed by atoms with van der Waals surface area (Å²) < 4.78 is 22.2. The van der Waals surface area contributed by atoms with Gasteiger partial charge >= 0.3 is 17.9 Å². The largest absolute Gasteiger partial charge is 0.481 e. The number of benzene rings is 2. The van der Waals surface area contributed by atoms with E-state index in [4.69, 9.17) is 15.5 Å². The lowest BCUT2D eigenvalue weighted by molar-refractivity contribution is -0.172. The van der Waals surface area contributed by atoms with Crippen LogP contribution in [0.4, 0.5) is 4.39 Å². The summed E-state index contributed by atoms with van der Waals surface area (Å²) in [7, 11) is 0. The van der Waals surface area contributed by atoms with Crippen LogP contribution in [-0.4, -0.2) is 162 Å². The molecule has 4 aromatic rings. The molecule has 482 valence electrons. The quantitative estimate of drug-likeness (QED) is 0.0151. The van der Waals surface area contributed by atoms with Crippen LogP contribution in [0.5, 0.6) is 0 Å². The van der Waals surface area contributed by atoms with Gasteiger partial charge in [-0.3, -0.25) is 67.2 Å². The number of carbonyl (C=O) groups is 13. The monoisotopic (exact) mass is 1260 g/mol. The first-order valence-corrected chi connectivity index (χ1v) is 29.4. The maximum atomic E-state index is 15.6. The zero-order valence-corrected chi connectivity index (χ0v) is 49.7. The maximum absolute atomic E-state index is 15.6. The van der Waals surface area contributed by atoms with Crippen LogP contribution in [-0.2, 0) is 98.7 Å². The van der Waals surface area contributed by atoms with Crippen molar-refractivity contribution in [1.29, 1.82) is 0 Å². The van der Waals surface area contributed by atoms with Gasteiger partial charge in [0, 0.05) is 67.1 Å². The number of amides is 10. The summed E-state index contributed by atoms with van der Waals surface area (Å²) in [5, 5.41) is 45.4. The van der Waals surface area contributed by atoms with Gasteiger partial charge in [-0.25, -0.2) is 14.2 Å². The van der Waals surface area contributed by atoms with Gasteiger partial charge in [0.2, 0.25) is 47.3 Å². The number of nitrogens with two attached hydrogens (primary N) is 1. The molecule has 29 nitrogen and oxygen atoms in total. The Hall–Kier alpha value is -10.3. The van der Waals surface area contributed by atoms with Crippen molar-refractivity contribution in [2.75, 3.05) is 32.7 Å². The highest BCUT2D eigenvalue weighted by molar-refractivity contribution is 6.13. The number of hydrogen-bond donors (Lipinski definition) is 10. The van der Waals surface area contributed by atoms with Crippen molar-refractivity contribution in [3.8, 4) is 11.4 Å². The van der Waals surface area contributed by atoms with Gasteiger partial charge in [-0.05, 0) is 73.8 Å². The van der Waals surface area contributed by atoms with Crippen molar-refractivity contribution in [1.82, 2.24) is 51.3 Å². The first-order valence-electron chi connectivity index (χ1n) is 29.4. The van der Waals surface area contributed by atoms with Gasteiger partial charge in [-0.1, -0.05) is 43.7 Å². The number of aliphatic carboxylic acids is 2. The number of primary amides is 1. The van der Waals surface area contributed by atoms with Gasteiger partial charge in [0.15, 0.2) is 5.60 Å². The van der Waals surface area contributed by atoms with Crippen LogP contribution in [0.2, 0.25) is 0 Å². The number of fused-ring (bicyclic) bond motifs is 5. The molecule has 0 unspecified atom stereocenters. The number of cyclic esters (lactones) is 1. The number of aryl methyl sites for hydroxylation is 1. The molecule has 5 heterocycles. The summed E-state index contributed by atoms with van der Waals surface area (Å²) in [5.41, 5.74) is 6.84. The zero-order valence-electron chi connectivity index (χ0n) is 49.7. The SMILES string of the molecule is CC[C@@]1(O)C(=O)OCc2c1cc1n(c2=O)Cc2c-1nc1cc(F)c(C)c3c1c2[C@@H](NC(=O)CCCN(CC(N)=O)C(=O)[C@H](Cc1ccccc1)NC(=O)CNC(=O)CNC(=O)[C@H](CC(=O)O)NC(=O)[C@H](CC(=O)O)NC(=O)CCCCCN1C(=O)C=CC1=O)CC3. The van der Waals surface area contributed by atoms with Crippen LogP contribution in [0.25, 0.3) is 22.3 Å². The third kappa shape index (κ3) is 15.6. The topological polar surface area (TPSA) is 431 Å². The van der Waals surface area contributed by atoms with Crippen LogP contribution in [0.1, 0.15) is 116 Å². The fourth-order valence-corrected chi connectivity index (χ4v) is 11.6. The number of aromatic nitrogens is 2. The Balaban J connectivity index is 0.872. The van der Waals surface area contributed by atoms with E-state index >= 15 is 4.39 Å². The molecular weight excluding hydrogens is 1190 g/mol. The number of rotatable bonds is 30. The minimum Gasteiger partial charge on any atom is -0.481 e. The number of aliphatic hydroxyl groups is 1. The Bertz CT molecular complexity index is 3740. The molecule has 0 saturated carbocycles. The van der Waals surface area contributed by atoms with Crippen molar-refractivity contribution in [3.63, 3.8) is 0 Å². The molecule has 5 atom stereocenters. The van der Waals surface area contributed by atoms with Crippen molar-refractivity contribution < 1.29 is 86.8 Å². The van der Waals surface area contributed by atoms with Gasteiger partial charge in [0.05, 0.1) is 67.5 Å². The summed E-state index contributed by atoms with van der Waals surface area (Å²) >= 11 is 0. The summed E-state index contributed by atoms with van der Waals surface area (Å²) in [6.07, 6.45) is 1.16. The van der Waals surface area contributed by atoms with Crippen LogP contribution in [0.3, 0.4) is 0 Å². The highest BCUT2D eigenvalue weighted by atomic mass is 19.1. The lowest BCUT2D eigenvalue weighted by Gasteiger charge is -2.31. The normalized spacial score (nSPS) is 16.9. The number of esters is 1. The molecule has 8 rings (SSSR count). The first-order chi connectivity index (χ1) is 43.3. The average molecular weight is 1260 g/mol. The highest BCUT2D eigenvalue weighted by Gasteiger charge is 2.46. The summed E-state index contributed by atoms with van der Waals surface area (Å²) in [5.74, 6) is -12.9. The smallest absolute Gasteiger partial charge is 0.343 e. The van der Waals surface area contributed by atoms with E-state index < -0.39 is 151 Å². The summed E-state index contributed by atoms with van der Waals surface area (Å²) in [6.45, 7) is 0.419. The zero-order chi connectivity index (χ0) is 66.0. The number of carboxylic acid groups (broad SMARTS) is 2. The first kappa shape index (κ1) is 66.7. The Labute approximate surface area is 517 Å². The maximum Gasteiger partial charge on any atom is 0.343 e. The number of ether oxygens (including phenoxy) is 1. The van der Waals surface area contributed by atoms with Crippen molar-refractivity contribution in [2.24, 2.45) is 5.73 Å². The summed E-state index contributed by atoms with van der Waals surface area (Å²) in [6, 6.07) is 5.45. The van der Waals surface area contributed by atoms with Gasteiger partial charge in [-0.15, -0.1) is 0 Å². The third-order valence-electron chi connectivity index (χ3n) is 16.2. The molecule has 11 N–H and O–H groups in total. The van der Waals surface area contributed by atoms with E-state index in [9.17, 15) is 82.4 Å². The lowest BCUT2D eigenvalue weighted by atomic mass is 9.81. The minimum absolute atomic E-state index is 0.00271. The molecule has 0 spiro atoms. The van der Waals surface area contributed by atoms with Crippen LogP contribution in [0.15, 0.2) is 59.4 Å². The number of carbonyl (C=O) groups excluding carboxylic acids is 11. The minimum atomic E-state index is -2.10. The molecule has 1 aliphatic carbocycles. The molecule has 2 aromatic heterocycles. The Morgan fingerprint density at radius 1 is 0.791 bits per heavy atom. The number of nitrogens with zero attached hydrogens (tertiary/aromatic N) is 4. The summed E-state index contributed by atoms with van der Waals surface area (Å²) in [4.78, 5) is 187. The molecule has 30 heteroatoms. The lowest BCUT2D eigenvalue weighted by Crippen LogP contribution is -2.56. The fraction of sp³-hybridized carbons (Fsp3) is 0.426. The van der Waals surface area contributed by atoms with E-state index in [1.165, 1.54) is 16.7 Å². The molecule has 0 radical (unpaired) electrons. The number of hydrogen-bond acceptors (Lipinski definition) is 17. The van der Waals surface area contributed by atoms with Crippen LogP contribution < -0.4 is 43.2 Å². The van der Waals surface area contributed by atoms with Gasteiger partial charge in [0.1, 0.15) is 30.5 Å². The van der Waals surface area contributed by atoms with E-state index in [1.807, 2.05) is 0 Å². The molecule has 10 amide bonds. The molecule has 4 aliphatic rings. The molecule has 0 bridgehead atoms. The number of nitrogens with one attached hydrogen (secondary N) is 6. The Kier molecular flexibility index (Phi) is 21.2. The van der Waals surface area contributed by atoms with E-state index in [-0.39, 0.29) is 87.1 Å². The van der Waals surface area contributed by atoms with Gasteiger partial charge < -0.3 is 67.2 Å². The second kappa shape index (κ2) is 28.9. The predicted octanol–water partition coefficient (Wildman–Crippen LogP) is -0.911. The second-order valence-corrected chi connectivity index (χ2v) is 22.5. The second-order valence-electron chi connectivity index (χ2n) is 22.5. The Morgan fingerprint density at radius 2 is 1.45 bits per heavy atom. The molecule has 3 aliphatic heterocycles. The van der Waals surface area contributed by atoms with E-state index in [1.54, 1.807) is 44.2 Å². The third-order valence-corrected chi connectivity index (χ3v) is 16.2. The van der Waals surface area contributed by atoms with Crippen molar-refractivity contribution in [3.05, 3.63) is 110 Å². The number of unbranched alkanes of at least 4 members (excludes halogenated alkanes) is 2. The number of carboxylic acids is 2. The number of imide groups is 1. The van der Waals surface area contributed by atoms with E-state index in [0.29, 0.717) is 64.6 Å². The standard InChI is InChI=1S/C61H68FN11O18/c1-3-61(90)36-22-43-55-34(28-73(43)58(87)35(36)30-91-60(61)89)54-38(16-15-33-31(2)37(62)23-39(69-55)53(33)54)66-46(76)14-10-19-71(29-44(63)74)59(88)42(21-32-11-6-4-7-12-32)68-48(78)27-64-47(77)26-65-56(85)40(24-51(81)82)70-57(86)41(25-52(83)84)67-45(75)13-8-5-9-20-72-49(79)17-18-50(72)80/h4,6-7,11-12,17-18,22-23,38,40-42,90H,3,5,8-10,13-16,19-21,24-30H2,1-2H3,(H2,63,74)(H,64,77)(H,65,85)(H,66,76)(H,67,75)(H,68,78)(H,70,86)(H,81,82)(H,83,84)/t38-,40-,41-,42-,61-/m0/s1. The predicted molar refractivity (Wildman–Crippen MR) is 314 cm³/mol. The highest BCUT2D eigenvalue weighted by Crippen LogP contribution is 2.46. The fourth-order valence-electron chi connectivity index (χ4n) is 11.6. The van der Waals surface area contributed by atoms with Gasteiger partial charge in [-0.2, -0.15) is 0 Å². The Morgan fingerprint density at radius 3 is 2.12 bits per heavy atom. The average Bonchev–Trinajstić information content (AvgIpc) is 1.62. The van der Waals surface area contributed by atoms with Crippen molar-refractivity contribution in [2.45, 2.75) is 134 Å². The van der Waals surface area contributed by atoms with Crippen LogP contribution >= 0.6 is 0 Å².